The van der Waals surface area contributed by atoms with Gasteiger partial charge in [0.05, 0.1) is 0 Å². The Morgan fingerprint density at radius 3 is 2.20 bits per heavy atom. The van der Waals surface area contributed by atoms with Crippen LogP contribution in [0, 0.1) is 0 Å². The molecule has 1 amide bonds. The first-order valence-electron chi connectivity index (χ1n) is 4.65. The predicted octanol–water partition coefficient (Wildman–Crippen LogP) is 2.44. The molecule has 0 bridgehead atoms. The third-order valence-electron chi connectivity index (χ3n) is 1.97. The Morgan fingerprint density at radius 2 is 1.80 bits per heavy atom. The lowest BCUT2D eigenvalue weighted by Crippen LogP contribution is -2.11. The van der Waals surface area contributed by atoms with Crippen LogP contribution in [0.2, 0.25) is 0 Å². The SMILES string of the molecule is C=C(C)C(=O)Nc1ccc([S+](C)C)cc1. The maximum Gasteiger partial charge on any atom is 0.250 e. The van der Waals surface area contributed by atoms with E-state index in [1.54, 1.807) is 6.92 Å². The van der Waals surface area contributed by atoms with Crippen LogP contribution in [0.4, 0.5) is 5.69 Å². The molecular weight excluding hydrogens is 206 g/mol. The number of hydrogen-bond acceptors (Lipinski definition) is 1. The molecule has 0 saturated heterocycles. The van der Waals surface area contributed by atoms with E-state index in [4.69, 9.17) is 0 Å². The van der Waals surface area contributed by atoms with Gasteiger partial charge in [0.25, 0.3) is 5.91 Å². The van der Waals surface area contributed by atoms with Gasteiger partial charge in [-0.25, -0.2) is 0 Å². The maximum absolute atomic E-state index is 11.3. The zero-order valence-corrected chi connectivity index (χ0v) is 10.1. The third-order valence-corrected chi connectivity index (χ3v) is 3.19. The molecule has 0 radical (unpaired) electrons. The van der Waals surface area contributed by atoms with Crippen molar-refractivity contribution in [3.05, 3.63) is 36.4 Å². The quantitative estimate of drug-likeness (QED) is 0.617. The molecule has 1 aromatic carbocycles. The van der Waals surface area contributed by atoms with E-state index in [-0.39, 0.29) is 16.8 Å². The van der Waals surface area contributed by atoms with E-state index in [1.807, 2.05) is 24.3 Å². The standard InChI is InChI=1S/C12H15NOS/c1-9(2)12(14)13-10-5-7-11(8-6-10)15(3)4/h5-8H,1H2,2-4H3/p+1. The molecule has 80 valence electrons. The molecule has 0 unspecified atom stereocenters. The van der Waals surface area contributed by atoms with Crippen LogP contribution in [0.5, 0.6) is 0 Å². The highest BCUT2D eigenvalue weighted by atomic mass is 32.2. The van der Waals surface area contributed by atoms with Crippen LogP contribution in [0.1, 0.15) is 6.92 Å². The van der Waals surface area contributed by atoms with Crippen molar-refractivity contribution in [1.82, 2.24) is 0 Å². The zero-order valence-electron chi connectivity index (χ0n) is 9.33. The van der Waals surface area contributed by atoms with Crippen molar-refractivity contribution in [2.45, 2.75) is 11.8 Å². The van der Waals surface area contributed by atoms with Gasteiger partial charge in [-0.15, -0.1) is 0 Å². The van der Waals surface area contributed by atoms with Crippen LogP contribution in [-0.4, -0.2) is 18.4 Å². The number of carbonyl (C=O) groups excluding carboxylic acids is 1. The van der Waals surface area contributed by atoms with Crippen LogP contribution >= 0.6 is 0 Å². The number of nitrogens with one attached hydrogen (secondary N) is 1. The fraction of sp³-hybridized carbons (Fsp3) is 0.250. The lowest BCUT2D eigenvalue weighted by molar-refractivity contribution is -0.112. The second-order valence-corrected chi connectivity index (χ2v) is 5.68. The molecule has 1 N–H and O–H groups in total. The molecule has 0 aliphatic carbocycles. The van der Waals surface area contributed by atoms with Gasteiger partial charge in [-0.1, -0.05) is 6.58 Å². The molecule has 0 fully saturated rings. The maximum atomic E-state index is 11.3. The summed E-state index contributed by atoms with van der Waals surface area (Å²) >= 11 is 0. The van der Waals surface area contributed by atoms with E-state index in [1.165, 1.54) is 4.90 Å². The Bertz CT molecular complexity index is 368. The summed E-state index contributed by atoms with van der Waals surface area (Å²) in [6.07, 6.45) is 4.34. The molecule has 0 heterocycles. The first kappa shape index (κ1) is 11.9. The minimum absolute atomic E-state index is 0.130. The summed E-state index contributed by atoms with van der Waals surface area (Å²) in [5, 5.41) is 2.77. The molecule has 0 aliphatic rings. The summed E-state index contributed by atoms with van der Waals surface area (Å²) in [5.41, 5.74) is 1.34. The van der Waals surface area contributed by atoms with Gasteiger partial charge in [0, 0.05) is 22.2 Å². The van der Waals surface area contributed by atoms with Gasteiger partial charge in [0.1, 0.15) is 12.5 Å². The number of benzene rings is 1. The fourth-order valence-corrected chi connectivity index (χ4v) is 1.73. The van der Waals surface area contributed by atoms with Gasteiger partial charge in [-0.05, 0) is 31.2 Å². The minimum Gasteiger partial charge on any atom is -0.322 e. The second-order valence-electron chi connectivity index (χ2n) is 3.58. The van der Waals surface area contributed by atoms with E-state index in [0.29, 0.717) is 5.57 Å². The van der Waals surface area contributed by atoms with Gasteiger partial charge >= 0.3 is 0 Å². The summed E-state index contributed by atoms with van der Waals surface area (Å²) < 4.78 is 0. The average molecular weight is 222 g/mol. The molecule has 0 spiro atoms. The zero-order chi connectivity index (χ0) is 11.4. The second kappa shape index (κ2) is 5.03. The van der Waals surface area contributed by atoms with Gasteiger partial charge in [0.2, 0.25) is 0 Å². The summed E-state index contributed by atoms with van der Waals surface area (Å²) in [7, 11) is 0.261. The first-order chi connectivity index (χ1) is 7.00. The number of hydrogen-bond donors (Lipinski definition) is 1. The molecule has 0 atom stereocenters. The monoisotopic (exact) mass is 222 g/mol. The van der Waals surface area contributed by atoms with Gasteiger partial charge in [-0.3, -0.25) is 4.79 Å². The molecule has 2 nitrogen and oxygen atoms in total. The van der Waals surface area contributed by atoms with Crippen molar-refractivity contribution in [1.29, 1.82) is 0 Å². The third kappa shape index (κ3) is 3.44. The molecule has 1 aromatic rings. The molecule has 0 aliphatic heterocycles. The highest BCUT2D eigenvalue weighted by Gasteiger charge is 2.08. The Balaban J connectivity index is 2.73. The predicted molar refractivity (Wildman–Crippen MR) is 67.4 cm³/mol. The van der Waals surface area contributed by atoms with E-state index in [9.17, 15) is 4.79 Å². The lowest BCUT2D eigenvalue weighted by Gasteiger charge is -2.04. The van der Waals surface area contributed by atoms with Gasteiger partial charge in [-0.2, -0.15) is 0 Å². The van der Waals surface area contributed by atoms with Crippen LogP contribution < -0.4 is 5.32 Å². The van der Waals surface area contributed by atoms with Crippen molar-refractivity contribution in [3.63, 3.8) is 0 Å². The van der Waals surface area contributed by atoms with Crippen LogP contribution in [0.15, 0.2) is 41.3 Å². The average Bonchev–Trinajstić information content (AvgIpc) is 2.18. The van der Waals surface area contributed by atoms with Crippen molar-refractivity contribution >= 4 is 22.5 Å². The van der Waals surface area contributed by atoms with Crippen molar-refractivity contribution in [2.75, 3.05) is 17.8 Å². The van der Waals surface area contributed by atoms with Crippen LogP contribution in [-0.2, 0) is 15.7 Å². The summed E-state index contributed by atoms with van der Waals surface area (Å²) in [5.74, 6) is -0.130. The van der Waals surface area contributed by atoms with Crippen LogP contribution in [0.25, 0.3) is 0 Å². The van der Waals surface area contributed by atoms with E-state index < -0.39 is 0 Å². The van der Waals surface area contributed by atoms with E-state index in [0.717, 1.165) is 5.69 Å². The summed E-state index contributed by atoms with van der Waals surface area (Å²) in [4.78, 5) is 12.6. The molecule has 1 rings (SSSR count). The Hall–Kier alpha value is -1.22. The van der Waals surface area contributed by atoms with Gasteiger partial charge in [0.15, 0.2) is 4.90 Å². The summed E-state index contributed by atoms with van der Waals surface area (Å²) in [6.45, 7) is 5.28. The Morgan fingerprint density at radius 1 is 1.27 bits per heavy atom. The minimum atomic E-state index is -0.130. The van der Waals surface area contributed by atoms with Crippen molar-refractivity contribution in [2.24, 2.45) is 0 Å². The molecular formula is C12H16NOS+. The highest BCUT2D eigenvalue weighted by molar-refractivity contribution is 7.95. The molecule has 0 aromatic heterocycles. The Labute approximate surface area is 93.7 Å². The molecule has 0 saturated carbocycles. The largest absolute Gasteiger partial charge is 0.322 e. The van der Waals surface area contributed by atoms with Crippen molar-refractivity contribution in [3.8, 4) is 0 Å². The topological polar surface area (TPSA) is 29.1 Å². The van der Waals surface area contributed by atoms with E-state index in [2.05, 4.69) is 24.4 Å². The summed E-state index contributed by atoms with van der Waals surface area (Å²) in [6, 6.07) is 7.92. The molecule has 3 heteroatoms. The number of amides is 1. The fourth-order valence-electron chi connectivity index (χ4n) is 1.05. The number of rotatable bonds is 3. The van der Waals surface area contributed by atoms with Crippen LogP contribution in [0.3, 0.4) is 0 Å². The Kier molecular flexibility index (Phi) is 3.97. The van der Waals surface area contributed by atoms with E-state index >= 15 is 0 Å². The first-order valence-corrected chi connectivity index (χ1v) is 6.69. The highest BCUT2D eigenvalue weighted by Crippen LogP contribution is 2.14. The number of carbonyl (C=O) groups is 1. The smallest absolute Gasteiger partial charge is 0.250 e. The van der Waals surface area contributed by atoms with Gasteiger partial charge < -0.3 is 5.32 Å². The van der Waals surface area contributed by atoms with Crippen molar-refractivity contribution < 1.29 is 4.79 Å². The lowest BCUT2D eigenvalue weighted by atomic mass is 10.3. The molecule has 15 heavy (non-hydrogen) atoms. The number of anilines is 1. The normalized spacial score (nSPS) is 10.1.